The quantitative estimate of drug-likeness (QED) is 0.630. The van der Waals surface area contributed by atoms with Gasteiger partial charge in [-0.2, -0.15) is 5.10 Å². The zero-order valence-electron chi connectivity index (χ0n) is 12.2. The van der Waals surface area contributed by atoms with E-state index in [9.17, 15) is 8.42 Å². The highest BCUT2D eigenvalue weighted by Gasteiger charge is 2.26. The molecule has 2 heterocycles. The van der Waals surface area contributed by atoms with Crippen LogP contribution in [0.25, 0.3) is 0 Å². The highest BCUT2D eigenvalue weighted by atomic mass is 32.2. The molecule has 1 aliphatic heterocycles. The van der Waals surface area contributed by atoms with Crippen molar-refractivity contribution < 1.29 is 8.42 Å². The van der Waals surface area contributed by atoms with E-state index >= 15 is 0 Å². The number of rotatable bonds is 6. The molecule has 2 fully saturated rings. The van der Waals surface area contributed by atoms with Gasteiger partial charge in [0.25, 0.3) is 10.0 Å². The Morgan fingerprint density at radius 1 is 1.33 bits per heavy atom. The van der Waals surface area contributed by atoms with Crippen molar-refractivity contribution in [2.24, 2.45) is 0 Å². The molecule has 1 aromatic heterocycles. The van der Waals surface area contributed by atoms with Crippen LogP contribution in [0.15, 0.2) is 11.2 Å². The topological polar surface area (TPSA) is 93.4 Å². The van der Waals surface area contributed by atoms with Gasteiger partial charge in [-0.05, 0) is 19.9 Å². The Balaban J connectivity index is 1.64. The van der Waals surface area contributed by atoms with Crippen LogP contribution in [0.5, 0.6) is 0 Å². The fourth-order valence-electron chi connectivity index (χ4n) is 2.31. The van der Waals surface area contributed by atoms with Gasteiger partial charge in [0.2, 0.25) is 0 Å². The van der Waals surface area contributed by atoms with Crippen molar-refractivity contribution in [2.45, 2.75) is 30.5 Å². The third-order valence-corrected chi connectivity index (χ3v) is 5.25. The molecular formula is C12H22N6O2S. The van der Waals surface area contributed by atoms with Gasteiger partial charge in [-0.1, -0.05) is 0 Å². The molecule has 0 bridgehead atoms. The summed E-state index contributed by atoms with van der Waals surface area (Å²) in [6.07, 6.45) is 3.91. The van der Waals surface area contributed by atoms with E-state index in [1.54, 1.807) is 11.2 Å². The zero-order chi connectivity index (χ0) is 14.9. The van der Waals surface area contributed by atoms with Gasteiger partial charge in [-0.25, -0.2) is 13.4 Å². The number of likely N-dealkylation sites (N-methyl/N-ethyl adjacent to an activating group) is 1. The van der Waals surface area contributed by atoms with E-state index in [1.807, 2.05) is 7.05 Å². The Kier molecular flexibility index (Phi) is 4.27. The van der Waals surface area contributed by atoms with Gasteiger partial charge in [0.05, 0.1) is 6.20 Å². The Bertz CT molecular complexity index is 574. The number of hydrogen-bond donors (Lipinski definition) is 3. The molecule has 0 radical (unpaired) electrons. The first-order chi connectivity index (χ1) is 10.0. The lowest BCUT2D eigenvalue weighted by Crippen LogP contribution is -2.52. The van der Waals surface area contributed by atoms with Crippen LogP contribution in [0, 0.1) is 0 Å². The van der Waals surface area contributed by atoms with Crippen LogP contribution in [-0.2, 0) is 16.6 Å². The minimum Gasteiger partial charge on any atom is -0.310 e. The van der Waals surface area contributed by atoms with Crippen molar-refractivity contribution in [3.05, 3.63) is 11.8 Å². The molecule has 3 N–H and O–H groups in total. The maximum Gasteiger partial charge on any atom is 0.270 e. The van der Waals surface area contributed by atoms with E-state index in [-0.39, 0.29) is 5.03 Å². The average Bonchev–Trinajstić information content (AvgIpc) is 3.14. The van der Waals surface area contributed by atoms with Gasteiger partial charge in [-0.3, -0.25) is 5.10 Å². The standard InChI is InChI=1S/C12H22N6O2S/c1-17-4-6-18(7-5-17)16-21(19,20)12-10(9-14-15-12)8-13-11-2-3-11/h9,11,13,16H,2-8H2,1H3,(H,14,15). The zero-order valence-corrected chi connectivity index (χ0v) is 13.0. The largest absolute Gasteiger partial charge is 0.310 e. The summed E-state index contributed by atoms with van der Waals surface area (Å²) in [5, 5.41) is 11.7. The lowest BCUT2D eigenvalue weighted by Gasteiger charge is -2.31. The number of aromatic amines is 1. The minimum absolute atomic E-state index is 0.162. The van der Waals surface area contributed by atoms with Crippen molar-refractivity contribution >= 4 is 10.0 Å². The van der Waals surface area contributed by atoms with Crippen LogP contribution in [0.4, 0.5) is 0 Å². The van der Waals surface area contributed by atoms with Crippen LogP contribution >= 0.6 is 0 Å². The second kappa shape index (κ2) is 6.01. The summed E-state index contributed by atoms with van der Waals surface area (Å²) in [5.74, 6) is 0. The first kappa shape index (κ1) is 14.9. The van der Waals surface area contributed by atoms with E-state index in [0.717, 1.165) is 13.1 Å². The van der Waals surface area contributed by atoms with Gasteiger partial charge in [0.15, 0.2) is 5.03 Å². The molecule has 0 amide bonds. The maximum atomic E-state index is 12.5. The highest BCUT2D eigenvalue weighted by Crippen LogP contribution is 2.20. The molecule has 1 aromatic rings. The summed E-state index contributed by atoms with van der Waals surface area (Å²) in [4.78, 5) is 4.81. The fourth-order valence-corrected chi connectivity index (χ4v) is 3.57. The van der Waals surface area contributed by atoms with Crippen molar-refractivity contribution in [1.29, 1.82) is 0 Å². The van der Waals surface area contributed by atoms with E-state index in [0.29, 0.717) is 31.2 Å². The Hall–Kier alpha value is -1.00. The number of nitrogens with one attached hydrogen (secondary N) is 3. The lowest BCUT2D eigenvalue weighted by atomic mass is 10.3. The molecule has 9 heteroatoms. The first-order valence-corrected chi connectivity index (χ1v) is 8.74. The van der Waals surface area contributed by atoms with Crippen molar-refractivity contribution in [3.63, 3.8) is 0 Å². The Morgan fingerprint density at radius 2 is 2.05 bits per heavy atom. The summed E-state index contributed by atoms with van der Waals surface area (Å²) >= 11 is 0. The van der Waals surface area contributed by atoms with Gasteiger partial charge >= 0.3 is 0 Å². The summed E-state index contributed by atoms with van der Waals surface area (Å²) in [6, 6.07) is 0.529. The number of sulfonamides is 1. The van der Waals surface area contributed by atoms with Crippen molar-refractivity contribution in [1.82, 2.24) is 30.3 Å². The van der Waals surface area contributed by atoms with Crippen LogP contribution < -0.4 is 10.1 Å². The molecule has 1 aliphatic carbocycles. The van der Waals surface area contributed by atoms with Crippen LogP contribution in [0.1, 0.15) is 18.4 Å². The van der Waals surface area contributed by atoms with Crippen molar-refractivity contribution in [2.75, 3.05) is 33.2 Å². The predicted octanol–water partition coefficient (Wildman–Crippen LogP) is -0.898. The monoisotopic (exact) mass is 314 g/mol. The molecule has 2 aliphatic rings. The molecule has 0 aromatic carbocycles. The molecule has 1 saturated heterocycles. The molecule has 1 saturated carbocycles. The van der Waals surface area contributed by atoms with Crippen molar-refractivity contribution in [3.8, 4) is 0 Å². The number of H-pyrrole nitrogens is 1. The van der Waals surface area contributed by atoms with E-state index in [4.69, 9.17) is 0 Å². The second-order valence-corrected chi connectivity index (χ2v) is 7.36. The van der Waals surface area contributed by atoms with Gasteiger partial charge in [-0.15, -0.1) is 4.83 Å². The first-order valence-electron chi connectivity index (χ1n) is 7.26. The Morgan fingerprint density at radius 3 is 2.71 bits per heavy atom. The fraction of sp³-hybridized carbons (Fsp3) is 0.750. The third-order valence-electron chi connectivity index (χ3n) is 3.86. The van der Waals surface area contributed by atoms with Gasteiger partial charge in [0.1, 0.15) is 0 Å². The predicted molar refractivity (Wildman–Crippen MR) is 77.8 cm³/mol. The molecule has 21 heavy (non-hydrogen) atoms. The molecule has 3 rings (SSSR count). The lowest BCUT2D eigenvalue weighted by molar-refractivity contribution is 0.134. The normalized spacial score (nSPS) is 21.8. The SMILES string of the molecule is CN1CCN(NS(=O)(=O)c2[nH]ncc2CNC2CC2)CC1. The van der Waals surface area contributed by atoms with Crippen LogP contribution in [0.2, 0.25) is 0 Å². The Labute approximate surface area is 124 Å². The number of hydrazine groups is 1. The molecule has 0 atom stereocenters. The number of nitrogens with zero attached hydrogens (tertiary/aromatic N) is 3. The van der Waals surface area contributed by atoms with E-state index < -0.39 is 10.0 Å². The van der Waals surface area contributed by atoms with E-state index in [2.05, 4.69) is 25.2 Å². The molecule has 0 spiro atoms. The number of piperazine rings is 1. The molecule has 8 nitrogen and oxygen atoms in total. The van der Waals surface area contributed by atoms with Gasteiger partial charge in [0, 0.05) is 44.3 Å². The van der Waals surface area contributed by atoms with E-state index in [1.165, 1.54) is 12.8 Å². The number of aromatic nitrogens is 2. The average molecular weight is 314 g/mol. The van der Waals surface area contributed by atoms with Crippen LogP contribution in [-0.4, -0.2) is 67.8 Å². The summed E-state index contributed by atoms with van der Waals surface area (Å²) in [5.41, 5.74) is 0.684. The third kappa shape index (κ3) is 3.80. The number of hydrogen-bond acceptors (Lipinski definition) is 6. The molecule has 0 unspecified atom stereocenters. The van der Waals surface area contributed by atoms with Crippen LogP contribution in [0.3, 0.4) is 0 Å². The molecular weight excluding hydrogens is 292 g/mol. The minimum atomic E-state index is -3.59. The summed E-state index contributed by atoms with van der Waals surface area (Å²) in [6.45, 7) is 3.59. The van der Waals surface area contributed by atoms with Gasteiger partial charge < -0.3 is 10.2 Å². The summed E-state index contributed by atoms with van der Waals surface area (Å²) in [7, 11) is -1.56. The molecule has 118 valence electrons. The second-order valence-electron chi connectivity index (χ2n) is 5.76. The summed E-state index contributed by atoms with van der Waals surface area (Å²) < 4.78 is 24.9. The smallest absolute Gasteiger partial charge is 0.270 e. The highest BCUT2D eigenvalue weighted by molar-refractivity contribution is 7.89. The maximum absolute atomic E-state index is 12.5.